The molecule has 1 N–H and O–H groups in total. The molecule has 0 radical (unpaired) electrons. The van der Waals surface area contributed by atoms with E-state index < -0.39 is 0 Å². The van der Waals surface area contributed by atoms with Crippen LogP contribution in [0.15, 0.2) is 0 Å². The normalized spacial score (nSPS) is 16.2. The Bertz CT molecular complexity index is 201. The second-order valence-electron chi connectivity index (χ2n) is 4.34. The summed E-state index contributed by atoms with van der Waals surface area (Å²) in [5.74, 6) is 0.505. The number of rotatable bonds is 8. The zero-order chi connectivity index (χ0) is 11.8. The number of nitrogens with zero attached hydrogens (tertiary/aromatic N) is 1. The van der Waals surface area contributed by atoms with Crippen molar-refractivity contribution in [1.29, 1.82) is 0 Å². The van der Waals surface area contributed by atoms with E-state index in [-0.39, 0.29) is 5.97 Å². The molecule has 0 aliphatic carbocycles. The highest BCUT2D eigenvalue weighted by atomic mass is 16.5. The first-order valence-corrected chi connectivity index (χ1v) is 6.35. The first-order chi connectivity index (χ1) is 7.76. The lowest BCUT2D eigenvalue weighted by molar-refractivity contribution is -0.145. The van der Waals surface area contributed by atoms with Gasteiger partial charge in [0.05, 0.1) is 6.61 Å². The Labute approximate surface area is 98.3 Å². The van der Waals surface area contributed by atoms with Gasteiger partial charge in [-0.1, -0.05) is 13.8 Å². The van der Waals surface area contributed by atoms with E-state index in [1.807, 2.05) is 0 Å². The third-order valence-electron chi connectivity index (χ3n) is 3.10. The average Bonchev–Trinajstić information content (AvgIpc) is 2.22. The molecule has 0 saturated carbocycles. The van der Waals surface area contributed by atoms with Crippen molar-refractivity contribution in [2.75, 3.05) is 39.3 Å². The van der Waals surface area contributed by atoms with Crippen molar-refractivity contribution in [2.45, 2.75) is 26.7 Å². The van der Waals surface area contributed by atoms with Gasteiger partial charge in [0, 0.05) is 25.4 Å². The second kappa shape index (κ2) is 7.63. The van der Waals surface area contributed by atoms with Gasteiger partial charge >= 0.3 is 5.97 Å². The molecule has 16 heavy (non-hydrogen) atoms. The molecule has 1 saturated heterocycles. The van der Waals surface area contributed by atoms with Crippen LogP contribution in [0, 0.1) is 5.92 Å². The maximum absolute atomic E-state index is 11.4. The fourth-order valence-corrected chi connectivity index (χ4v) is 1.74. The summed E-state index contributed by atoms with van der Waals surface area (Å²) in [4.78, 5) is 13.7. The van der Waals surface area contributed by atoms with Gasteiger partial charge in [-0.15, -0.1) is 0 Å². The van der Waals surface area contributed by atoms with Crippen LogP contribution in [0.2, 0.25) is 0 Å². The van der Waals surface area contributed by atoms with Crippen LogP contribution in [0.4, 0.5) is 0 Å². The Morgan fingerprint density at radius 3 is 2.56 bits per heavy atom. The van der Waals surface area contributed by atoms with Crippen LogP contribution in [-0.4, -0.2) is 50.2 Å². The first-order valence-electron chi connectivity index (χ1n) is 6.35. The Kier molecular flexibility index (Phi) is 6.42. The minimum atomic E-state index is -0.0425. The third kappa shape index (κ3) is 4.94. The molecule has 0 amide bonds. The molecule has 1 heterocycles. The van der Waals surface area contributed by atoms with E-state index in [9.17, 15) is 4.79 Å². The number of hydrogen-bond donors (Lipinski definition) is 1. The van der Waals surface area contributed by atoms with Gasteiger partial charge in [0.25, 0.3) is 0 Å². The van der Waals surface area contributed by atoms with Crippen LogP contribution in [0.3, 0.4) is 0 Å². The van der Waals surface area contributed by atoms with Crippen molar-refractivity contribution in [2.24, 2.45) is 5.92 Å². The number of ether oxygens (including phenoxy) is 1. The molecule has 0 aromatic carbocycles. The average molecular weight is 228 g/mol. The van der Waals surface area contributed by atoms with E-state index in [0.717, 1.165) is 39.1 Å². The Morgan fingerprint density at radius 1 is 1.38 bits per heavy atom. The Morgan fingerprint density at radius 2 is 2.06 bits per heavy atom. The van der Waals surface area contributed by atoms with Gasteiger partial charge in [0.1, 0.15) is 0 Å². The minimum Gasteiger partial charge on any atom is -0.465 e. The number of nitrogens with one attached hydrogen (secondary N) is 1. The molecule has 4 nitrogen and oxygen atoms in total. The highest BCUT2D eigenvalue weighted by molar-refractivity contribution is 5.69. The molecule has 1 aliphatic heterocycles. The predicted octanol–water partition coefficient (Wildman–Crippen LogP) is 0.871. The van der Waals surface area contributed by atoms with Crippen LogP contribution >= 0.6 is 0 Å². The van der Waals surface area contributed by atoms with E-state index in [2.05, 4.69) is 24.1 Å². The molecule has 1 fully saturated rings. The predicted molar refractivity (Wildman–Crippen MR) is 64.3 cm³/mol. The van der Waals surface area contributed by atoms with Crippen LogP contribution in [0.25, 0.3) is 0 Å². The van der Waals surface area contributed by atoms with Gasteiger partial charge in [-0.25, -0.2) is 0 Å². The molecular formula is C12H24N2O2. The second-order valence-corrected chi connectivity index (χ2v) is 4.34. The molecule has 0 aromatic rings. The van der Waals surface area contributed by atoms with Crippen LogP contribution in [0.1, 0.15) is 26.7 Å². The molecule has 4 heteroatoms. The van der Waals surface area contributed by atoms with Crippen LogP contribution < -0.4 is 5.32 Å². The van der Waals surface area contributed by atoms with E-state index in [1.165, 1.54) is 0 Å². The van der Waals surface area contributed by atoms with E-state index in [0.29, 0.717) is 18.9 Å². The van der Waals surface area contributed by atoms with Crippen LogP contribution in [-0.2, 0) is 9.53 Å². The molecule has 1 aliphatic rings. The largest absolute Gasteiger partial charge is 0.465 e. The summed E-state index contributed by atoms with van der Waals surface area (Å²) in [6, 6.07) is 0. The molecule has 94 valence electrons. The van der Waals surface area contributed by atoms with Crippen molar-refractivity contribution in [3.8, 4) is 0 Å². The fourth-order valence-electron chi connectivity index (χ4n) is 1.74. The lowest BCUT2D eigenvalue weighted by atomic mass is 10.1. The Hall–Kier alpha value is -0.610. The summed E-state index contributed by atoms with van der Waals surface area (Å²) in [5.41, 5.74) is 0. The highest BCUT2D eigenvalue weighted by Gasteiger charge is 2.18. The highest BCUT2D eigenvalue weighted by Crippen LogP contribution is 2.04. The fraction of sp³-hybridized carbons (Fsp3) is 0.917. The maximum atomic E-state index is 11.4. The monoisotopic (exact) mass is 228 g/mol. The first kappa shape index (κ1) is 13.5. The minimum absolute atomic E-state index is 0.0425. The molecule has 0 atom stereocenters. The van der Waals surface area contributed by atoms with Crippen molar-refractivity contribution in [1.82, 2.24) is 10.2 Å². The molecule has 0 spiro atoms. The third-order valence-corrected chi connectivity index (χ3v) is 3.10. The summed E-state index contributed by atoms with van der Waals surface area (Å²) < 4.78 is 5.20. The SMILES string of the molecule is CCN(CC)CCCC(=O)OCC1CNC1. The standard InChI is InChI=1S/C12H24N2O2/c1-3-14(4-2)7-5-6-12(15)16-10-11-8-13-9-11/h11,13H,3-10H2,1-2H3. The number of carbonyl (C=O) groups excluding carboxylic acids is 1. The smallest absolute Gasteiger partial charge is 0.305 e. The van der Waals surface area contributed by atoms with E-state index in [1.54, 1.807) is 0 Å². The van der Waals surface area contributed by atoms with Crippen molar-refractivity contribution < 1.29 is 9.53 Å². The number of hydrogen-bond acceptors (Lipinski definition) is 4. The lowest BCUT2D eigenvalue weighted by Gasteiger charge is -2.26. The quantitative estimate of drug-likeness (QED) is 0.626. The van der Waals surface area contributed by atoms with Gasteiger partial charge in [-0.2, -0.15) is 0 Å². The maximum Gasteiger partial charge on any atom is 0.305 e. The number of carbonyl (C=O) groups is 1. The molecular weight excluding hydrogens is 204 g/mol. The van der Waals surface area contributed by atoms with Gasteiger partial charge < -0.3 is 15.0 Å². The van der Waals surface area contributed by atoms with E-state index in [4.69, 9.17) is 4.74 Å². The summed E-state index contributed by atoms with van der Waals surface area (Å²) in [6.07, 6.45) is 1.46. The van der Waals surface area contributed by atoms with Crippen molar-refractivity contribution in [3.63, 3.8) is 0 Å². The van der Waals surface area contributed by atoms with Gasteiger partial charge in [0.15, 0.2) is 0 Å². The van der Waals surface area contributed by atoms with Gasteiger partial charge in [0.2, 0.25) is 0 Å². The zero-order valence-electron chi connectivity index (χ0n) is 10.5. The summed E-state index contributed by atoms with van der Waals surface area (Å²) in [7, 11) is 0. The van der Waals surface area contributed by atoms with Crippen molar-refractivity contribution >= 4 is 5.97 Å². The summed E-state index contributed by atoms with van der Waals surface area (Å²) >= 11 is 0. The number of esters is 1. The van der Waals surface area contributed by atoms with Gasteiger partial charge in [-0.3, -0.25) is 4.79 Å². The summed E-state index contributed by atoms with van der Waals surface area (Å²) in [5, 5.41) is 3.16. The lowest BCUT2D eigenvalue weighted by Crippen LogP contribution is -2.44. The van der Waals surface area contributed by atoms with Crippen molar-refractivity contribution in [3.05, 3.63) is 0 Å². The molecule has 0 bridgehead atoms. The summed E-state index contributed by atoms with van der Waals surface area (Å²) in [6.45, 7) is 9.97. The van der Waals surface area contributed by atoms with Crippen LogP contribution in [0.5, 0.6) is 0 Å². The topological polar surface area (TPSA) is 41.6 Å². The molecule has 0 unspecified atom stereocenters. The van der Waals surface area contributed by atoms with E-state index >= 15 is 0 Å². The van der Waals surface area contributed by atoms with Gasteiger partial charge in [-0.05, 0) is 26.1 Å². The zero-order valence-corrected chi connectivity index (χ0v) is 10.5. The Balaban J connectivity index is 1.96. The molecule has 0 aromatic heterocycles. The molecule has 1 rings (SSSR count).